The molecule has 4 aliphatic rings. The molecule has 1 saturated heterocycles. The summed E-state index contributed by atoms with van der Waals surface area (Å²) in [6, 6.07) is 7.00. The van der Waals surface area contributed by atoms with E-state index in [2.05, 4.69) is 15.2 Å². The van der Waals surface area contributed by atoms with Gasteiger partial charge in [0.05, 0.1) is 16.6 Å². The number of piperidine rings is 1. The lowest BCUT2D eigenvalue weighted by molar-refractivity contribution is -0.153. The maximum Gasteiger partial charge on any atom is 0.255 e. The van der Waals surface area contributed by atoms with Gasteiger partial charge in [0.1, 0.15) is 11.6 Å². The molecule has 2 aliphatic carbocycles. The first-order valence-electron chi connectivity index (χ1n) is 12.8. The number of amides is 1. The summed E-state index contributed by atoms with van der Waals surface area (Å²) in [4.78, 5) is 19.7. The van der Waals surface area contributed by atoms with E-state index < -0.39 is 23.0 Å². The number of hydrogen-bond acceptors (Lipinski definition) is 7. The molecular weight excluding hydrogens is 458 g/mol. The summed E-state index contributed by atoms with van der Waals surface area (Å²) in [5, 5.41) is 37.3. The highest BCUT2D eigenvalue weighted by Crippen LogP contribution is 2.63. The Morgan fingerprint density at radius 1 is 1.31 bits per heavy atom. The van der Waals surface area contributed by atoms with Gasteiger partial charge in [0.15, 0.2) is 17.6 Å². The molecule has 1 aromatic heterocycles. The maximum absolute atomic E-state index is 13.1. The largest absolute Gasteiger partial charge is 0.508 e. The van der Waals surface area contributed by atoms with Crippen LogP contribution in [0, 0.1) is 12.8 Å². The SMILES string of the molecule is C/C(C(=O)Nc1ncccc1C)=C(/O)[C@@H]1Oc2c(O)ccc3c2[C@@]12CCN(CC1CC1)[C@H](C3)[C@@]2(C)O. The van der Waals surface area contributed by atoms with Gasteiger partial charge in [-0.05, 0) is 82.2 Å². The Morgan fingerprint density at radius 3 is 2.81 bits per heavy atom. The van der Waals surface area contributed by atoms with Gasteiger partial charge < -0.3 is 25.4 Å². The molecule has 8 nitrogen and oxygen atoms in total. The number of anilines is 1. The fourth-order valence-corrected chi connectivity index (χ4v) is 6.70. The third-order valence-electron chi connectivity index (χ3n) is 8.96. The van der Waals surface area contributed by atoms with Gasteiger partial charge in [0, 0.05) is 24.3 Å². The first-order valence-corrected chi connectivity index (χ1v) is 12.8. The van der Waals surface area contributed by atoms with Crippen molar-refractivity contribution in [1.82, 2.24) is 9.88 Å². The molecule has 2 aromatic rings. The van der Waals surface area contributed by atoms with Crippen LogP contribution in [-0.4, -0.2) is 61.9 Å². The van der Waals surface area contributed by atoms with Crippen molar-refractivity contribution < 1.29 is 24.9 Å². The van der Waals surface area contributed by atoms with Gasteiger partial charge in [-0.1, -0.05) is 12.1 Å². The number of phenols is 1. The van der Waals surface area contributed by atoms with Crippen LogP contribution >= 0.6 is 0 Å². The number of aromatic nitrogens is 1. The molecule has 1 amide bonds. The number of phenolic OH excluding ortho intramolecular Hbond substituents is 1. The minimum absolute atomic E-state index is 0.0238. The molecule has 1 saturated carbocycles. The number of fused-ring (bicyclic) bond motifs is 1. The van der Waals surface area contributed by atoms with Crippen LogP contribution in [0.25, 0.3) is 0 Å². The smallest absolute Gasteiger partial charge is 0.255 e. The topological polar surface area (TPSA) is 115 Å². The number of nitrogens with one attached hydrogen (secondary N) is 1. The number of hydrogen-bond donors (Lipinski definition) is 4. The molecule has 4 N–H and O–H groups in total. The molecule has 0 unspecified atom stereocenters. The van der Waals surface area contributed by atoms with Gasteiger partial charge in [0.2, 0.25) is 0 Å². The Labute approximate surface area is 210 Å². The van der Waals surface area contributed by atoms with E-state index >= 15 is 0 Å². The van der Waals surface area contributed by atoms with Crippen molar-refractivity contribution in [2.24, 2.45) is 5.92 Å². The zero-order valence-electron chi connectivity index (χ0n) is 20.9. The average Bonchev–Trinajstić information content (AvgIpc) is 3.58. The second kappa shape index (κ2) is 7.95. The number of aliphatic hydroxyl groups is 2. The van der Waals surface area contributed by atoms with Crippen LogP contribution in [0.4, 0.5) is 5.82 Å². The summed E-state index contributed by atoms with van der Waals surface area (Å²) in [6.07, 6.45) is 4.22. The minimum atomic E-state index is -1.25. The summed E-state index contributed by atoms with van der Waals surface area (Å²) in [5.41, 5.74) is 0.426. The molecule has 8 heteroatoms. The Morgan fingerprint density at radius 2 is 2.08 bits per heavy atom. The molecule has 190 valence electrons. The quantitative estimate of drug-likeness (QED) is 0.375. The number of carbonyl (C=O) groups is 1. The average molecular weight is 492 g/mol. The zero-order valence-corrected chi connectivity index (χ0v) is 20.9. The van der Waals surface area contributed by atoms with Crippen molar-refractivity contribution in [2.75, 3.05) is 18.4 Å². The van der Waals surface area contributed by atoms with Crippen molar-refractivity contribution in [3.63, 3.8) is 0 Å². The molecule has 3 heterocycles. The normalized spacial score (nSPS) is 31.3. The fourth-order valence-electron chi connectivity index (χ4n) is 6.70. The summed E-state index contributed by atoms with van der Waals surface area (Å²) in [6.45, 7) is 6.92. The molecule has 36 heavy (non-hydrogen) atoms. The summed E-state index contributed by atoms with van der Waals surface area (Å²) in [5.74, 6) is 0.640. The number of aryl methyl sites for hydroxylation is 1. The number of pyridine rings is 1. The van der Waals surface area contributed by atoms with Crippen molar-refractivity contribution in [3.8, 4) is 11.5 Å². The Kier molecular flexibility index (Phi) is 5.15. The highest BCUT2D eigenvalue weighted by atomic mass is 16.5. The van der Waals surface area contributed by atoms with Crippen LogP contribution in [-0.2, 0) is 16.6 Å². The van der Waals surface area contributed by atoms with E-state index in [1.165, 1.54) is 12.8 Å². The highest BCUT2D eigenvalue weighted by Gasteiger charge is 2.69. The fraction of sp³-hybridized carbons (Fsp3) is 0.500. The van der Waals surface area contributed by atoms with Crippen LogP contribution in [0.3, 0.4) is 0 Å². The van der Waals surface area contributed by atoms with Crippen LogP contribution in [0.15, 0.2) is 41.8 Å². The van der Waals surface area contributed by atoms with Crippen LogP contribution in [0.1, 0.15) is 49.8 Å². The Bertz CT molecular complexity index is 1280. The summed E-state index contributed by atoms with van der Waals surface area (Å²) in [7, 11) is 0. The lowest BCUT2D eigenvalue weighted by Gasteiger charge is -2.59. The van der Waals surface area contributed by atoms with Gasteiger partial charge in [-0.3, -0.25) is 9.69 Å². The Hall–Kier alpha value is -3.10. The van der Waals surface area contributed by atoms with Gasteiger partial charge in [-0.2, -0.15) is 0 Å². The second-order valence-corrected chi connectivity index (χ2v) is 11.1. The molecule has 2 bridgehead atoms. The highest BCUT2D eigenvalue weighted by molar-refractivity contribution is 6.03. The van der Waals surface area contributed by atoms with Crippen molar-refractivity contribution in [1.29, 1.82) is 0 Å². The monoisotopic (exact) mass is 491 g/mol. The number of nitrogens with zero attached hydrogens (tertiary/aromatic N) is 2. The number of likely N-dealkylation sites (tertiary alicyclic amines) is 1. The Balaban J connectivity index is 1.43. The van der Waals surface area contributed by atoms with Crippen molar-refractivity contribution in [2.45, 2.75) is 69.6 Å². The predicted molar refractivity (Wildman–Crippen MR) is 134 cm³/mol. The van der Waals surface area contributed by atoms with E-state index in [4.69, 9.17) is 4.74 Å². The first kappa shape index (κ1) is 23.3. The first-order chi connectivity index (χ1) is 17.1. The third kappa shape index (κ3) is 3.20. The predicted octanol–water partition coefficient (Wildman–Crippen LogP) is 3.36. The van der Waals surface area contributed by atoms with E-state index in [0.29, 0.717) is 30.3 Å². The van der Waals surface area contributed by atoms with E-state index in [1.807, 2.05) is 26.0 Å². The number of ether oxygens (including phenoxy) is 1. The lowest BCUT2D eigenvalue weighted by atomic mass is 9.53. The zero-order chi connectivity index (χ0) is 25.4. The maximum atomic E-state index is 13.1. The molecular formula is C28H33N3O5. The van der Waals surface area contributed by atoms with E-state index in [0.717, 1.165) is 29.8 Å². The second-order valence-electron chi connectivity index (χ2n) is 11.1. The van der Waals surface area contributed by atoms with Crippen LogP contribution in [0.5, 0.6) is 11.5 Å². The number of carbonyl (C=O) groups excluding carboxylic acids is 1. The minimum Gasteiger partial charge on any atom is -0.508 e. The van der Waals surface area contributed by atoms with E-state index in [-0.39, 0.29) is 23.1 Å². The molecule has 4 atom stereocenters. The molecule has 0 radical (unpaired) electrons. The van der Waals surface area contributed by atoms with Crippen molar-refractivity contribution in [3.05, 3.63) is 58.5 Å². The van der Waals surface area contributed by atoms with E-state index in [9.17, 15) is 20.1 Å². The van der Waals surface area contributed by atoms with Gasteiger partial charge in [0.25, 0.3) is 5.91 Å². The third-order valence-corrected chi connectivity index (χ3v) is 8.96. The van der Waals surface area contributed by atoms with Crippen molar-refractivity contribution >= 4 is 11.7 Å². The van der Waals surface area contributed by atoms with Gasteiger partial charge in [-0.25, -0.2) is 4.98 Å². The molecule has 1 spiro atoms. The number of aromatic hydroxyl groups is 1. The standard InChI is InChI=1S/C28H33N3O5/c1-15-5-4-11-29-25(15)30-26(34)16(2)22(33)24-28-10-12-31(14-17-6-7-17)20(27(28,3)35)13-18-8-9-19(32)23(36-24)21(18)28/h4-5,8-9,11,17,20,24,32-33,35H,6-7,10,12-14H2,1-3H3,(H,29,30,34)/b22-16-/t20-,24+,27-,28+/m1/s1. The van der Waals surface area contributed by atoms with Gasteiger partial charge in [-0.15, -0.1) is 0 Å². The number of benzene rings is 1. The van der Waals surface area contributed by atoms with E-state index in [1.54, 1.807) is 25.3 Å². The van der Waals surface area contributed by atoms with Gasteiger partial charge >= 0.3 is 0 Å². The number of aliphatic hydroxyl groups excluding tert-OH is 1. The summed E-state index contributed by atoms with van der Waals surface area (Å²) < 4.78 is 6.28. The van der Waals surface area contributed by atoms with Crippen LogP contribution in [0.2, 0.25) is 0 Å². The molecule has 1 aromatic carbocycles. The molecule has 2 fully saturated rings. The summed E-state index contributed by atoms with van der Waals surface area (Å²) >= 11 is 0. The molecule has 2 aliphatic heterocycles. The van der Waals surface area contributed by atoms with Crippen LogP contribution < -0.4 is 10.1 Å². The lowest BCUT2D eigenvalue weighted by Crippen LogP contribution is -2.73. The number of rotatable bonds is 5. The molecule has 6 rings (SSSR count).